The predicted octanol–water partition coefficient (Wildman–Crippen LogP) is 0.934. The van der Waals surface area contributed by atoms with Crippen LogP contribution in [0.1, 0.15) is 25.0 Å². The van der Waals surface area contributed by atoms with Gasteiger partial charge < -0.3 is 9.42 Å². The van der Waals surface area contributed by atoms with Crippen LogP contribution in [0, 0.1) is 6.92 Å². The number of anilines is 1. The number of amides is 2. The van der Waals surface area contributed by atoms with Gasteiger partial charge in [-0.25, -0.2) is 0 Å². The zero-order chi connectivity index (χ0) is 12.3. The normalized spacial score (nSPS) is 15.7. The summed E-state index contributed by atoms with van der Waals surface area (Å²) in [4.78, 5) is 25.0. The Morgan fingerprint density at radius 2 is 2.06 bits per heavy atom. The Morgan fingerprint density at radius 3 is 2.65 bits per heavy atom. The first-order valence-electron chi connectivity index (χ1n) is 5.70. The first-order valence-corrected chi connectivity index (χ1v) is 5.70. The fraction of sp³-hybridized carbons (Fsp3) is 0.545. The van der Waals surface area contributed by atoms with Crippen molar-refractivity contribution in [1.82, 2.24) is 10.1 Å². The molecule has 92 valence electrons. The Morgan fingerprint density at radius 1 is 1.35 bits per heavy atom. The predicted molar refractivity (Wildman–Crippen MR) is 60.3 cm³/mol. The fourth-order valence-corrected chi connectivity index (χ4v) is 1.84. The number of hydrogen-bond donors (Lipinski definition) is 1. The van der Waals surface area contributed by atoms with E-state index in [1.54, 1.807) is 17.9 Å². The summed E-state index contributed by atoms with van der Waals surface area (Å²) in [5.74, 6) is -0.283. The molecule has 2 heterocycles. The second-order valence-corrected chi connectivity index (χ2v) is 4.13. The maximum absolute atomic E-state index is 11.8. The van der Waals surface area contributed by atoms with Crippen molar-refractivity contribution in [2.45, 2.75) is 26.2 Å². The summed E-state index contributed by atoms with van der Waals surface area (Å²) in [5.41, 5.74) is 0. The first kappa shape index (κ1) is 11.6. The van der Waals surface area contributed by atoms with E-state index in [2.05, 4.69) is 10.5 Å². The molecule has 1 aliphatic rings. The highest BCUT2D eigenvalue weighted by Crippen LogP contribution is 2.10. The standard InChI is InChI=1S/C11H15N3O3/c1-8-7-9(13-17-8)12-10(15)11(16)14-5-3-2-4-6-14/h7H,2-6H2,1H3,(H,12,13,15). The molecule has 1 N–H and O–H groups in total. The van der Waals surface area contributed by atoms with Crippen LogP contribution < -0.4 is 5.32 Å². The van der Waals surface area contributed by atoms with E-state index in [0.29, 0.717) is 18.8 Å². The summed E-state index contributed by atoms with van der Waals surface area (Å²) in [7, 11) is 0. The second-order valence-electron chi connectivity index (χ2n) is 4.13. The van der Waals surface area contributed by atoms with Gasteiger partial charge in [0.2, 0.25) is 0 Å². The summed E-state index contributed by atoms with van der Waals surface area (Å²) in [6, 6.07) is 1.57. The van der Waals surface area contributed by atoms with Crippen LogP contribution in [0.15, 0.2) is 10.6 Å². The van der Waals surface area contributed by atoms with Crippen LogP contribution >= 0.6 is 0 Å². The second kappa shape index (κ2) is 4.99. The van der Waals surface area contributed by atoms with Gasteiger partial charge in [-0.3, -0.25) is 14.9 Å². The molecule has 6 heteroatoms. The molecule has 1 aromatic heterocycles. The van der Waals surface area contributed by atoms with Crippen LogP contribution in [-0.2, 0) is 9.59 Å². The Kier molecular flexibility index (Phi) is 3.41. The molecule has 0 spiro atoms. The van der Waals surface area contributed by atoms with Gasteiger partial charge in [0.1, 0.15) is 5.76 Å². The van der Waals surface area contributed by atoms with Gasteiger partial charge in [0.15, 0.2) is 5.82 Å². The number of carbonyl (C=O) groups is 2. The van der Waals surface area contributed by atoms with Crippen molar-refractivity contribution < 1.29 is 14.1 Å². The van der Waals surface area contributed by atoms with E-state index >= 15 is 0 Å². The fourth-order valence-electron chi connectivity index (χ4n) is 1.84. The molecule has 2 amide bonds. The summed E-state index contributed by atoms with van der Waals surface area (Å²) in [6.07, 6.45) is 3.04. The van der Waals surface area contributed by atoms with Gasteiger partial charge in [0.25, 0.3) is 0 Å². The minimum absolute atomic E-state index is 0.276. The molecule has 0 unspecified atom stereocenters. The number of carbonyl (C=O) groups excluding carboxylic acids is 2. The van der Waals surface area contributed by atoms with Crippen molar-refractivity contribution in [3.8, 4) is 0 Å². The highest BCUT2D eigenvalue weighted by atomic mass is 16.5. The Hall–Kier alpha value is -1.85. The number of likely N-dealkylation sites (tertiary alicyclic amines) is 1. The van der Waals surface area contributed by atoms with Crippen LogP contribution in [0.5, 0.6) is 0 Å². The lowest BCUT2D eigenvalue weighted by molar-refractivity contribution is -0.143. The van der Waals surface area contributed by atoms with Crippen molar-refractivity contribution in [2.24, 2.45) is 0 Å². The molecule has 0 saturated carbocycles. The third-order valence-electron chi connectivity index (χ3n) is 2.71. The molecule has 0 bridgehead atoms. The molecule has 1 aromatic rings. The largest absolute Gasteiger partial charge is 0.360 e. The van der Waals surface area contributed by atoms with Crippen LogP contribution in [0.4, 0.5) is 5.82 Å². The number of rotatable bonds is 1. The number of aromatic nitrogens is 1. The molecule has 6 nitrogen and oxygen atoms in total. The van der Waals surface area contributed by atoms with E-state index in [1.807, 2.05) is 0 Å². The maximum atomic E-state index is 11.8. The van der Waals surface area contributed by atoms with Crippen LogP contribution in [0.2, 0.25) is 0 Å². The zero-order valence-corrected chi connectivity index (χ0v) is 9.73. The smallest absolute Gasteiger partial charge is 0.315 e. The average molecular weight is 237 g/mol. The van der Waals surface area contributed by atoms with Gasteiger partial charge in [-0.15, -0.1) is 0 Å². The quantitative estimate of drug-likeness (QED) is 0.737. The number of aryl methyl sites for hydroxylation is 1. The number of nitrogens with one attached hydrogen (secondary N) is 1. The highest BCUT2D eigenvalue weighted by molar-refractivity contribution is 6.39. The van der Waals surface area contributed by atoms with Gasteiger partial charge in [-0.1, -0.05) is 5.16 Å². The SMILES string of the molecule is Cc1cc(NC(=O)C(=O)N2CCCCC2)no1. The van der Waals surface area contributed by atoms with Crippen molar-refractivity contribution in [1.29, 1.82) is 0 Å². The summed E-state index contributed by atoms with van der Waals surface area (Å²) >= 11 is 0. The van der Waals surface area contributed by atoms with Gasteiger partial charge in [0.05, 0.1) is 0 Å². The van der Waals surface area contributed by atoms with Gasteiger partial charge in [-0.2, -0.15) is 0 Å². The van der Waals surface area contributed by atoms with E-state index in [1.165, 1.54) is 0 Å². The summed E-state index contributed by atoms with van der Waals surface area (Å²) in [6.45, 7) is 3.03. The van der Waals surface area contributed by atoms with Crippen molar-refractivity contribution in [3.05, 3.63) is 11.8 Å². The number of piperidine rings is 1. The molecule has 0 atom stereocenters. The van der Waals surface area contributed by atoms with E-state index in [9.17, 15) is 9.59 Å². The monoisotopic (exact) mass is 237 g/mol. The topological polar surface area (TPSA) is 75.4 Å². The van der Waals surface area contributed by atoms with Gasteiger partial charge in [-0.05, 0) is 26.2 Å². The van der Waals surface area contributed by atoms with E-state index in [0.717, 1.165) is 19.3 Å². The molecule has 2 rings (SSSR count). The minimum atomic E-state index is -0.653. The zero-order valence-electron chi connectivity index (χ0n) is 9.73. The molecule has 1 aliphatic heterocycles. The van der Waals surface area contributed by atoms with E-state index in [-0.39, 0.29) is 5.82 Å². The highest BCUT2D eigenvalue weighted by Gasteiger charge is 2.23. The lowest BCUT2D eigenvalue weighted by Crippen LogP contribution is -2.42. The molecule has 0 aromatic carbocycles. The summed E-state index contributed by atoms with van der Waals surface area (Å²) in [5, 5.41) is 6.03. The Bertz CT molecular complexity index is 421. The molecule has 17 heavy (non-hydrogen) atoms. The van der Waals surface area contributed by atoms with Crippen LogP contribution in [0.3, 0.4) is 0 Å². The van der Waals surface area contributed by atoms with Crippen LogP contribution in [-0.4, -0.2) is 35.0 Å². The maximum Gasteiger partial charge on any atom is 0.315 e. The van der Waals surface area contributed by atoms with Crippen molar-refractivity contribution in [3.63, 3.8) is 0 Å². The summed E-state index contributed by atoms with van der Waals surface area (Å²) < 4.78 is 4.80. The van der Waals surface area contributed by atoms with Crippen LogP contribution in [0.25, 0.3) is 0 Å². The average Bonchev–Trinajstić information content (AvgIpc) is 2.75. The van der Waals surface area contributed by atoms with Crippen molar-refractivity contribution >= 4 is 17.6 Å². The Labute approximate surface area is 98.9 Å². The lowest BCUT2D eigenvalue weighted by Gasteiger charge is -2.25. The van der Waals surface area contributed by atoms with Crippen molar-refractivity contribution in [2.75, 3.05) is 18.4 Å². The minimum Gasteiger partial charge on any atom is -0.360 e. The van der Waals surface area contributed by atoms with E-state index < -0.39 is 11.8 Å². The lowest BCUT2D eigenvalue weighted by atomic mass is 10.1. The molecule has 0 radical (unpaired) electrons. The number of nitrogens with zero attached hydrogens (tertiary/aromatic N) is 2. The third kappa shape index (κ3) is 2.83. The molecule has 1 saturated heterocycles. The number of hydrogen-bond acceptors (Lipinski definition) is 4. The Balaban J connectivity index is 1.92. The molecular formula is C11H15N3O3. The molecular weight excluding hydrogens is 222 g/mol. The van der Waals surface area contributed by atoms with E-state index in [4.69, 9.17) is 4.52 Å². The molecule has 0 aliphatic carbocycles. The third-order valence-corrected chi connectivity index (χ3v) is 2.71. The van der Waals surface area contributed by atoms with Gasteiger partial charge in [0, 0.05) is 19.2 Å². The van der Waals surface area contributed by atoms with Gasteiger partial charge >= 0.3 is 11.8 Å². The molecule has 1 fully saturated rings. The first-order chi connectivity index (χ1) is 8.16.